The number of likely N-dealkylation sites (tertiary alicyclic amines) is 1. The van der Waals surface area contributed by atoms with E-state index in [1.807, 2.05) is 29.8 Å². The number of hydrogen-bond donors (Lipinski definition) is 1. The fourth-order valence-corrected chi connectivity index (χ4v) is 3.51. The molecule has 0 radical (unpaired) electrons. The molecule has 0 aliphatic carbocycles. The first-order valence-corrected chi connectivity index (χ1v) is 9.99. The molecule has 7 nitrogen and oxygen atoms in total. The highest BCUT2D eigenvalue weighted by Crippen LogP contribution is 2.19. The first-order chi connectivity index (χ1) is 13.7. The summed E-state index contributed by atoms with van der Waals surface area (Å²) in [6, 6.07) is 8.19. The summed E-state index contributed by atoms with van der Waals surface area (Å²) in [4.78, 5) is 23.3. The third-order valence-electron chi connectivity index (χ3n) is 4.85. The van der Waals surface area contributed by atoms with Crippen LogP contribution in [0.3, 0.4) is 0 Å². The first-order valence-electron chi connectivity index (χ1n) is 9.99. The van der Waals surface area contributed by atoms with Gasteiger partial charge in [0.1, 0.15) is 0 Å². The normalized spacial score (nSPS) is 17.4. The molecule has 2 aromatic rings. The van der Waals surface area contributed by atoms with E-state index in [1.165, 1.54) is 0 Å². The number of guanidine groups is 1. The number of aromatic nitrogens is 2. The number of carbonyl (C=O) groups is 1. The molecular weight excluding hydrogens is 354 g/mol. The topological polar surface area (TPSA) is 71.8 Å². The maximum Gasteiger partial charge on any atom is 0.310 e. The summed E-state index contributed by atoms with van der Waals surface area (Å²) >= 11 is 0. The number of aliphatic imine (C=N–C) groups is 1. The number of hydrogen-bond acceptors (Lipinski definition) is 4. The van der Waals surface area contributed by atoms with Gasteiger partial charge in [0.2, 0.25) is 0 Å². The van der Waals surface area contributed by atoms with Crippen LogP contribution in [-0.2, 0) is 16.1 Å². The number of nitrogens with zero attached hydrogens (tertiary/aromatic N) is 4. The van der Waals surface area contributed by atoms with Gasteiger partial charge in [-0.2, -0.15) is 0 Å². The zero-order chi connectivity index (χ0) is 19.8. The lowest BCUT2D eigenvalue weighted by Gasteiger charge is -2.34. The molecule has 2 heterocycles. The van der Waals surface area contributed by atoms with Gasteiger partial charge >= 0.3 is 5.97 Å². The fraction of sp³-hybridized carbons (Fsp3) is 0.476. The maximum atomic E-state index is 12.2. The molecule has 1 aromatic carbocycles. The molecule has 1 unspecified atom stereocenters. The molecule has 0 saturated carbocycles. The molecule has 1 aliphatic rings. The SMILES string of the molecule is CCNC(=NCc1ccccc1-n1ccnc1)N1CCCC(C(=O)OCC)C1. The van der Waals surface area contributed by atoms with Crippen LogP contribution in [0.15, 0.2) is 48.0 Å². The second-order valence-corrected chi connectivity index (χ2v) is 6.81. The molecular formula is C21H29N5O2. The molecule has 1 aliphatic heterocycles. The highest BCUT2D eigenvalue weighted by Gasteiger charge is 2.28. The van der Waals surface area contributed by atoms with Crippen molar-refractivity contribution in [2.75, 3.05) is 26.2 Å². The van der Waals surface area contributed by atoms with Crippen molar-refractivity contribution in [2.24, 2.45) is 10.9 Å². The smallest absolute Gasteiger partial charge is 0.310 e. The molecule has 3 rings (SSSR count). The summed E-state index contributed by atoms with van der Waals surface area (Å²) in [5, 5.41) is 3.37. The third kappa shape index (κ3) is 4.91. The van der Waals surface area contributed by atoms with Crippen molar-refractivity contribution < 1.29 is 9.53 Å². The number of imidazole rings is 1. The lowest BCUT2D eigenvalue weighted by molar-refractivity contribution is -0.149. The average Bonchev–Trinajstić information content (AvgIpc) is 3.26. The van der Waals surface area contributed by atoms with Crippen molar-refractivity contribution in [3.63, 3.8) is 0 Å². The number of carbonyl (C=O) groups excluding carboxylic acids is 1. The predicted octanol–water partition coefficient (Wildman–Crippen LogP) is 2.61. The van der Waals surface area contributed by atoms with E-state index in [-0.39, 0.29) is 11.9 Å². The Hall–Kier alpha value is -2.83. The van der Waals surface area contributed by atoms with Crippen LogP contribution in [0.1, 0.15) is 32.3 Å². The fourth-order valence-electron chi connectivity index (χ4n) is 3.51. The van der Waals surface area contributed by atoms with E-state index in [2.05, 4.69) is 34.3 Å². The van der Waals surface area contributed by atoms with Crippen LogP contribution in [0.25, 0.3) is 5.69 Å². The zero-order valence-electron chi connectivity index (χ0n) is 16.7. The highest BCUT2D eigenvalue weighted by molar-refractivity contribution is 5.81. The van der Waals surface area contributed by atoms with Crippen LogP contribution < -0.4 is 5.32 Å². The van der Waals surface area contributed by atoms with Gasteiger partial charge in [-0.3, -0.25) is 4.79 Å². The second kappa shape index (κ2) is 9.92. The molecule has 7 heteroatoms. The largest absolute Gasteiger partial charge is 0.466 e. The van der Waals surface area contributed by atoms with Gasteiger partial charge in [-0.25, -0.2) is 9.98 Å². The highest BCUT2D eigenvalue weighted by atomic mass is 16.5. The van der Waals surface area contributed by atoms with Gasteiger partial charge in [0.05, 0.1) is 31.1 Å². The van der Waals surface area contributed by atoms with Crippen LogP contribution in [0.5, 0.6) is 0 Å². The Morgan fingerprint density at radius 2 is 2.21 bits per heavy atom. The van der Waals surface area contributed by atoms with Crippen molar-refractivity contribution in [2.45, 2.75) is 33.2 Å². The summed E-state index contributed by atoms with van der Waals surface area (Å²) < 4.78 is 7.22. The summed E-state index contributed by atoms with van der Waals surface area (Å²) in [5.74, 6) is 0.654. The van der Waals surface area contributed by atoms with E-state index in [4.69, 9.17) is 9.73 Å². The lowest BCUT2D eigenvalue weighted by Crippen LogP contribution is -2.48. The number of esters is 1. The molecule has 0 amide bonds. The minimum Gasteiger partial charge on any atom is -0.466 e. The predicted molar refractivity (Wildman–Crippen MR) is 109 cm³/mol. The summed E-state index contributed by atoms with van der Waals surface area (Å²) in [7, 11) is 0. The van der Waals surface area contributed by atoms with E-state index in [9.17, 15) is 4.79 Å². The number of nitrogens with one attached hydrogen (secondary N) is 1. The average molecular weight is 383 g/mol. The maximum absolute atomic E-state index is 12.2. The number of benzene rings is 1. The van der Waals surface area contributed by atoms with Gasteiger partial charge < -0.3 is 19.5 Å². The van der Waals surface area contributed by atoms with E-state index in [0.29, 0.717) is 19.7 Å². The van der Waals surface area contributed by atoms with E-state index >= 15 is 0 Å². The van der Waals surface area contributed by atoms with Crippen LogP contribution in [0.2, 0.25) is 0 Å². The molecule has 0 spiro atoms. The Kier molecular flexibility index (Phi) is 7.06. The Balaban J connectivity index is 1.76. The molecule has 1 saturated heterocycles. The minimum absolute atomic E-state index is 0.0872. The van der Waals surface area contributed by atoms with Gasteiger partial charge in [0.25, 0.3) is 0 Å². The van der Waals surface area contributed by atoms with Gasteiger partial charge in [-0.15, -0.1) is 0 Å². The lowest BCUT2D eigenvalue weighted by atomic mass is 9.98. The number of ether oxygens (including phenoxy) is 1. The standard InChI is InChI=1S/C21H29N5O2/c1-3-23-21(25-12-7-9-18(15-25)20(27)28-4-2)24-14-17-8-5-6-10-19(17)26-13-11-22-16-26/h5-6,8,10-11,13,16,18H,3-4,7,9,12,14-15H2,1-2H3,(H,23,24). The summed E-state index contributed by atoms with van der Waals surface area (Å²) in [6.07, 6.45) is 7.33. The van der Waals surface area contributed by atoms with Crippen molar-refractivity contribution in [3.8, 4) is 5.69 Å². The molecule has 1 N–H and O–H groups in total. The molecule has 0 bridgehead atoms. The Morgan fingerprint density at radius 3 is 2.96 bits per heavy atom. The van der Waals surface area contributed by atoms with Crippen molar-refractivity contribution in [1.29, 1.82) is 0 Å². The van der Waals surface area contributed by atoms with E-state index < -0.39 is 0 Å². The molecule has 28 heavy (non-hydrogen) atoms. The van der Waals surface area contributed by atoms with Crippen LogP contribution in [-0.4, -0.2) is 52.6 Å². The van der Waals surface area contributed by atoms with Gasteiger partial charge in [0.15, 0.2) is 5.96 Å². The second-order valence-electron chi connectivity index (χ2n) is 6.81. The number of piperidine rings is 1. The van der Waals surface area contributed by atoms with Gasteiger partial charge in [-0.1, -0.05) is 18.2 Å². The Morgan fingerprint density at radius 1 is 1.36 bits per heavy atom. The van der Waals surface area contributed by atoms with Crippen molar-refractivity contribution in [1.82, 2.24) is 19.8 Å². The minimum atomic E-state index is -0.103. The molecule has 1 aromatic heterocycles. The van der Waals surface area contributed by atoms with Gasteiger partial charge in [0, 0.05) is 32.0 Å². The van der Waals surface area contributed by atoms with E-state index in [1.54, 1.807) is 12.5 Å². The quantitative estimate of drug-likeness (QED) is 0.472. The van der Waals surface area contributed by atoms with Crippen molar-refractivity contribution in [3.05, 3.63) is 48.5 Å². The first kappa shape index (κ1) is 19.9. The monoisotopic (exact) mass is 383 g/mol. The number of para-hydroxylation sites is 1. The molecule has 150 valence electrons. The molecule has 1 atom stereocenters. The Bertz CT molecular complexity index is 788. The van der Waals surface area contributed by atoms with Crippen LogP contribution in [0, 0.1) is 5.92 Å². The van der Waals surface area contributed by atoms with E-state index in [0.717, 1.165) is 43.1 Å². The Labute approximate surface area is 166 Å². The summed E-state index contributed by atoms with van der Waals surface area (Å²) in [5.41, 5.74) is 2.19. The van der Waals surface area contributed by atoms with Crippen LogP contribution in [0.4, 0.5) is 0 Å². The van der Waals surface area contributed by atoms with Crippen molar-refractivity contribution >= 4 is 11.9 Å². The number of rotatable bonds is 6. The van der Waals surface area contributed by atoms with Crippen LogP contribution >= 0.6 is 0 Å². The zero-order valence-corrected chi connectivity index (χ0v) is 16.7. The summed E-state index contributed by atoms with van der Waals surface area (Å²) in [6.45, 7) is 7.20. The van der Waals surface area contributed by atoms with Gasteiger partial charge in [-0.05, 0) is 38.3 Å². The third-order valence-corrected chi connectivity index (χ3v) is 4.85. The molecule has 1 fully saturated rings.